The fraction of sp³-hybridized carbons (Fsp3) is 0.333. The molecule has 4 heteroatoms. The minimum Gasteiger partial charge on any atom is -0.333 e. The van der Waals surface area contributed by atoms with E-state index in [4.69, 9.17) is 0 Å². The van der Waals surface area contributed by atoms with E-state index in [1.807, 2.05) is 44.2 Å². The number of hydrogen-bond acceptors (Lipinski definition) is 3. The van der Waals surface area contributed by atoms with Gasteiger partial charge in [0.05, 0.1) is 10.9 Å². The Morgan fingerprint density at radius 3 is 2.63 bits per heavy atom. The summed E-state index contributed by atoms with van der Waals surface area (Å²) in [4.78, 5) is 12.9. The summed E-state index contributed by atoms with van der Waals surface area (Å²) in [5, 5.41) is 13.2. The van der Waals surface area contributed by atoms with Gasteiger partial charge in [-0.25, -0.2) is 0 Å². The summed E-state index contributed by atoms with van der Waals surface area (Å²) in [6, 6.07) is 12.0. The summed E-state index contributed by atoms with van der Waals surface area (Å²) in [6.45, 7) is 3.83. The van der Waals surface area contributed by atoms with Gasteiger partial charge in [-0.3, -0.25) is 4.79 Å². The van der Waals surface area contributed by atoms with Gasteiger partial charge in [0.1, 0.15) is 5.54 Å². The Morgan fingerprint density at radius 2 is 2.05 bits per heavy atom. The normalized spacial score (nSPS) is 11.2. The van der Waals surface area contributed by atoms with Gasteiger partial charge in [0.2, 0.25) is 0 Å². The lowest BCUT2D eigenvalue weighted by molar-refractivity contribution is 0.0920. The number of carbonyl (C=O) groups excluding carboxylic acids is 1. The van der Waals surface area contributed by atoms with Gasteiger partial charge < -0.3 is 5.32 Å². The van der Waals surface area contributed by atoms with E-state index < -0.39 is 5.54 Å². The van der Waals surface area contributed by atoms with Gasteiger partial charge in [0.15, 0.2) is 0 Å². The maximum absolute atomic E-state index is 12.3. The molecule has 19 heavy (non-hydrogen) atoms. The molecule has 2 rings (SSSR count). The van der Waals surface area contributed by atoms with Crippen LogP contribution < -0.4 is 5.32 Å². The number of rotatable bonds is 4. The van der Waals surface area contributed by atoms with E-state index in [0.29, 0.717) is 17.7 Å². The van der Waals surface area contributed by atoms with Crippen molar-refractivity contribution in [2.45, 2.75) is 32.2 Å². The van der Waals surface area contributed by atoms with Crippen LogP contribution in [0.5, 0.6) is 0 Å². The van der Waals surface area contributed by atoms with E-state index in [1.165, 1.54) is 11.3 Å². The molecule has 98 valence electrons. The van der Waals surface area contributed by atoms with Crippen LogP contribution in [0.25, 0.3) is 10.1 Å². The second-order valence-corrected chi connectivity index (χ2v) is 5.59. The standard InChI is InChI=1S/C15H16N2OS/c1-3-15(4-2,10-16)17-14(18)13-9-11-7-5-6-8-12(11)19-13/h5-9H,3-4H2,1-2H3,(H,17,18). The highest BCUT2D eigenvalue weighted by Crippen LogP contribution is 2.26. The van der Waals surface area contributed by atoms with E-state index in [1.54, 1.807) is 0 Å². The predicted molar refractivity (Wildman–Crippen MR) is 78.2 cm³/mol. The molecule has 1 aromatic carbocycles. The molecule has 0 unspecified atom stereocenters. The lowest BCUT2D eigenvalue weighted by Gasteiger charge is -2.24. The van der Waals surface area contributed by atoms with Crippen LogP contribution in [0, 0.1) is 11.3 Å². The Bertz CT molecular complexity index is 602. The van der Waals surface area contributed by atoms with Crippen molar-refractivity contribution in [1.82, 2.24) is 5.32 Å². The van der Waals surface area contributed by atoms with Gasteiger partial charge in [-0.1, -0.05) is 32.0 Å². The SMILES string of the molecule is CCC(C#N)(CC)NC(=O)c1cc2ccccc2s1. The highest BCUT2D eigenvalue weighted by atomic mass is 32.1. The van der Waals surface area contributed by atoms with Gasteiger partial charge in [-0.15, -0.1) is 11.3 Å². The Labute approximate surface area is 116 Å². The summed E-state index contributed by atoms with van der Waals surface area (Å²) in [6.07, 6.45) is 1.22. The van der Waals surface area contributed by atoms with Gasteiger partial charge >= 0.3 is 0 Å². The monoisotopic (exact) mass is 272 g/mol. The molecule has 0 aliphatic carbocycles. The Kier molecular flexibility index (Phi) is 3.87. The van der Waals surface area contributed by atoms with Gasteiger partial charge in [-0.2, -0.15) is 5.26 Å². The molecule has 0 aliphatic heterocycles. The van der Waals surface area contributed by atoms with Crippen molar-refractivity contribution in [2.75, 3.05) is 0 Å². The molecule has 0 bridgehead atoms. The van der Waals surface area contributed by atoms with Crippen molar-refractivity contribution in [3.05, 3.63) is 35.2 Å². The Morgan fingerprint density at radius 1 is 1.37 bits per heavy atom. The van der Waals surface area contributed by atoms with Gasteiger partial charge in [-0.05, 0) is 30.4 Å². The van der Waals surface area contributed by atoms with E-state index in [0.717, 1.165) is 10.1 Å². The fourth-order valence-corrected chi connectivity index (χ4v) is 2.94. The third kappa shape index (κ3) is 2.61. The topological polar surface area (TPSA) is 52.9 Å². The van der Waals surface area contributed by atoms with Gasteiger partial charge in [0.25, 0.3) is 5.91 Å². The minimum absolute atomic E-state index is 0.161. The van der Waals surface area contributed by atoms with Gasteiger partial charge in [0, 0.05) is 4.70 Å². The molecule has 1 heterocycles. The Balaban J connectivity index is 2.27. The molecule has 3 nitrogen and oxygen atoms in total. The molecule has 0 atom stereocenters. The number of amides is 1. The molecule has 0 radical (unpaired) electrons. The molecule has 1 N–H and O–H groups in total. The maximum Gasteiger partial charge on any atom is 0.262 e. The first-order chi connectivity index (χ1) is 9.14. The average Bonchev–Trinajstić information content (AvgIpc) is 2.89. The summed E-state index contributed by atoms with van der Waals surface area (Å²) < 4.78 is 1.09. The number of thiophene rings is 1. The summed E-state index contributed by atoms with van der Waals surface area (Å²) in [7, 11) is 0. The lowest BCUT2D eigenvalue weighted by Crippen LogP contribution is -2.46. The third-order valence-electron chi connectivity index (χ3n) is 3.42. The second kappa shape index (κ2) is 5.41. The number of nitrogens with zero attached hydrogens (tertiary/aromatic N) is 1. The lowest BCUT2D eigenvalue weighted by atomic mass is 9.95. The number of nitrogens with one attached hydrogen (secondary N) is 1. The largest absolute Gasteiger partial charge is 0.333 e. The summed E-state index contributed by atoms with van der Waals surface area (Å²) in [5.41, 5.74) is -0.757. The number of benzene rings is 1. The van der Waals surface area contributed by atoms with Crippen molar-refractivity contribution in [2.24, 2.45) is 0 Å². The van der Waals surface area contributed by atoms with E-state index in [9.17, 15) is 10.1 Å². The smallest absolute Gasteiger partial charge is 0.262 e. The van der Waals surface area contributed by atoms with Crippen LogP contribution in [0.1, 0.15) is 36.4 Å². The van der Waals surface area contributed by atoms with Crippen LogP contribution >= 0.6 is 11.3 Å². The number of hydrogen-bond donors (Lipinski definition) is 1. The second-order valence-electron chi connectivity index (χ2n) is 4.50. The highest BCUT2D eigenvalue weighted by molar-refractivity contribution is 7.20. The molecular formula is C15H16N2OS. The molecule has 0 fully saturated rings. The van der Waals surface area contributed by atoms with Crippen molar-refractivity contribution in [3.8, 4) is 6.07 Å². The van der Waals surface area contributed by atoms with Crippen LogP contribution in [0.3, 0.4) is 0 Å². The molecule has 0 saturated heterocycles. The van der Waals surface area contributed by atoms with Crippen molar-refractivity contribution >= 4 is 27.3 Å². The zero-order valence-electron chi connectivity index (χ0n) is 11.1. The number of nitriles is 1. The van der Waals surface area contributed by atoms with Crippen molar-refractivity contribution in [3.63, 3.8) is 0 Å². The molecule has 0 spiro atoms. The van der Waals surface area contributed by atoms with E-state index in [2.05, 4.69) is 11.4 Å². The zero-order chi connectivity index (χ0) is 13.9. The van der Waals surface area contributed by atoms with Crippen molar-refractivity contribution in [1.29, 1.82) is 5.26 Å². The Hall–Kier alpha value is -1.86. The molecule has 1 amide bonds. The molecular weight excluding hydrogens is 256 g/mol. The van der Waals surface area contributed by atoms with Crippen LogP contribution in [-0.4, -0.2) is 11.4 Å². The van der Waals surface area contributed by atoms with E-state index >= 15 is 0 Å². The predicted octanol–water partition coefficient (Wildman–Crippen LogP) is 3.71. The summed E-state index contributed by atoms with van der Waals surface area (Å²) in [5.74, 6) is -0.161. The minimum atomic E-state index is -0.757. The van der Waals surface area contributed by atoms with Crippen molar-refractivity contribution < 1.29 is 4.79 Å². The molecule has 0 aliphatic rings. The third-order valence-corrected chi connectivity index (χ3v) is 4.54. The van der Waals surface area contributed by atoms with Crippen LogP contribution in [0.15, 0.2) is 30.3 Å². The fourth-order valence-electron chi connectivity index (χ4n) is 1.99. The number of carbonyl (C=O) groups is 1. The molecule has 0 saturated carbocycles. The first kappa shape index (κ1) is 13.6. The first-order valence-electron chi connectivity index (χ1n) is 6.36. The quantitative estimate of drug-likeness (QED) is 0.922. The molecule has 2 aromatic rings. The number of fused-ring (bicyclic) bond motifs is 1. The first-order valence-corrected chi connectivity index (χ1v) is 7.18. The van der Waals surface area contributed by atoms with Crippen LogP contribution in [0.4, 0.5) is 0 Å². The summed E-state index contributed by atoms with van der Waals surface area (Å²) >= 11 is 1.46. The van der Waals surface area contributed by atoms with Crippen LogP contribution in [0.2, 0.25) is 0 Å². The van der Waals surface area contributed by atoms with Crippen LogP contribution in [-0.2, 0) is 0 Å². The average molecular weight is 272 g/mol. The molecule has 1 aromatic heterocycles. The zero-order valence-corrected chi connectivity index (χ0v) is 11.9. The highest BCUT2D eigenvalue weighted by Gasteiger charge is 2.28. The van der Waals surface area contributed by atoms with E-state index in [-0.39, 0.29) is 5.91 Å². The maximum atomic E-state index is 12.3.